The van der Waals surface area contributed by atoms with E-state index in [1.54, 1.807) is 24.3 Å². The molecule has 114 valence electrons. The third-order valence-electron chi connectivity index (χ3n) is 3.51. The Bertz CT molecular complexity index is 517. The minimum absolute atomic E-state index is 0.233. The fourth-order valence-corrected chi connectivity index (χ4v) is 2.49. The predicted molar refractivity (Wildman–Crippen MR) is 82.4 cm³/mol. The van der Waals surface area contributed by atoms with E-state index in [2.05, 4.69) is 22.5 Å². The Labute approximate surface area is 129 Å². The van der Waals surface area contributed by atoms with Crippen molar-refractivity contribution >= 4 is 23.4 Å². The van der Waals surface area contributed by atoms with E-state index in [0.717, 1.165) is 26.1 Å². The summed E-state index contributed by atoms with van der Waals surface area (Å²) in [6.45, 7) is 4.94. The van der Waals surface area contributed by atoms with Crippen molar-refractivity contribution in [3.63, 3.8) is 0 Å². The number of carbonyl (C=O) groups is 2. The van der Waals surface area contributed by atoms with Crippen LogP contribution in [0.2, 0.25) is 5.02 Å². The van der Waals surface area contributed by atoms with E-state index in [4.69, 9.17) is 11.6 Å². The summed E-state index contributed by atoms with van der Waals surface area (Å²) in [5.74, 6) is -0.742. The van der Waals surface area contributed by atoms with Crippen LogP contribution >= 0.6 is 11.6 Å². The molecular weight excluding hydrogens is 290 g/mol. The van der Waals surface area contributed by atoms with E-state index < -0.39 is 5.91 Å². The number of nitrogens with one attached hydrogen (secondary N) is 2. The summed E-state index contributed by atoms with van der Waals surface area (Å²) in [7, 11) is 0. The average molecular weight is 310 g/mol. The predicted octanol–water partition coefficient (Wildman–Crippen LogP) is 1.28. The summed E-state index contributed by atoms with van der Waals surface area (Å²) in [4.78, 5) is 26.2. The molecule has 1 aromatic rings. The highest BCUT2D eigenvalue weighted by molar-refractivity contribution is 6.34. The van der Waals surface area contributed by atoms with Gasteiger partial charge in [-0.2, -0.15) is 0 Å². The minimum Gasteiger partial charge on any atom is -0.314 e. The van der Waals surface area contributed by atoms with Gasteiger partial charge in [-0.3, -0.25) is 19.8 Å². The van der Waals surface area contributed by atoms with Gasteiger partial charge >= 0.3 is 0 Å². The fraction of sp³-hybridized carbons (Fsp3) is 0.467. The summed E-state index contributed by atoms with van der Waals surface area (Å²) in [6.07, 6.45) is 0.974. The number of imide groups is 1. The molecule has 0 radical (unpaired) electrons. The number of hydrogen-bond acceptors (Lipinski definition) is 4. The third-order valence-corrected chi connectivity index (χ3v) is 3.83. The molecule has 1 fully saturated rings. The summed E-state index contributed by atoms with van der Waals surface area (Å²) in [5, 5.41) is 5.94. The number of halogens is 1. The first-order valence-corrected chi connectivity index (χ1v) is 7.53. The van der Waals surface area contributed by atoms with Gasteiger partial charge in [0.15, 0.2) is 0 Å². The second-order valence-electron chi connectivity index (χ2n) is 5.14. The molecule has 0 unspecified atom stereocenters. The van der Waals surface area contributed by atoms with Crippen LogP contribution in [0.5, 0.6) is 0 Å². The van der Waals surface area contributed by atoms with Crippen molar-refractivity contribution in [2.24, 2.45) is 0 Å². The molecule has 1 saturated heterocycles. The second-order valence-corrected chi connectivity index (χ2v) is 5.55. The molecule has 0 atom stereocenters. The summed E-state index contributed by atoms with van der Waals surface area (Å²) in [6, 6.07) is 7.07. The zero-order valence-corrected chi connectivity index (χ0v) is 12.8. The Morgan fingerprint density at radius 2 is 2.10 bits per heavy atom. The van der Waals surface area contributed by atoms with Crippen molar-refractivity contribution in [3.05, 3.63) is 34.9 Å². The highest BCUT2D eigenvalue weighted by atomic mass is 35.5. The first-order valence-electron chi connectivity index (χ1n) is 7.15. The van der Waals surface area contributed by atoms with Crippen LogP contribution in [0.4, 0.5) is 0 Å². The average Bonchev–Trinajstić information content (AvgIpc) is 2.37. The largest absolute Gasteiger partial charge is 0.314 e. The Morgan fingerprint density at radius 1 is 1.38 bits per heavy atom. The highest BCUT2D eigenvalue weighted by Gasteiger charge is 2.26. The van der Waals surface area contributed by atoms with E-state index >= 15 is 0 Å². The lowest BCUT2D eigenvalue weighted by atomic mass is 10.1. The topological polar surface area (TPSA) is 61.4 Å². The highest BCUT2D eigenvalue weighted by Crippen LogP contribution is 2.14. The van der Waals surface area contributed by atoms with Gasteiger partial charge in [0.2, 0.25) is 5.91 Å². The quantitative estimate of drug-likeness (QED) is 0.831. The van der Waals surface area contributed by atoms with E-state index in [9.17, 15) is 9.59 Å². The SMILES string of the molecule is CCCN(CC(=O)NC(=O)c1ccccc1Cl)C1CNC1. The van der Waals surface area contributed by atoms with Crippen molar-refractivity contribution in [2.75, 3.05) is 26.2 Å². The Balaban J connectivity index is 1.91. The molecule has 1 aromatic carbocycles. The number of benzene rings is 1. The monoisotopic (exact) mass is 309 g/mol. The fourth-order valence-electron chi connectivity index (χ4n) is 2.27. The molecule has 21 heavy (non-hydrogen) atoms. The molecule has 1 aliphatic heterocycles. The molecule has 6 heteroatoms. The maximum absolute atomic E-state index is 12.0. The standard InChI is InChI=1S/C15H20ClN3O2/c1-2-7-19(11-8-17-9-11)10-14(20)18-15(21)12-5-3-4-6-13(12)16/h3-6,11,17H,2,7-10H2,1H3,(H,18,20,21). The Hall–Kier alpha value is -1.43. The Morgan fingerprint density at radius 3 is 2.67 bits per heavy atom. The molecule has 2 N–H and O–H groups in total. The normalized spacial score (nSPS) is 14.8. The van der Waals surface area contributed by atoms with Crippen LogP contribution in [0, 0.1) is 0 Å². The lowest BCUT2D eigenvalue weighted by Gasteiger charge is -2.37. The lowest BCUT2D eigenvalue weighted by Crippen LogP contribution is -2.59. The number of nitrogens with zero attached hydrogens (tertiary/aromatic N) is 1. The van der Waals surface area contributed by atoms with Crippen LogP contribution in [0.3, 0.4) is 0 Å². The van der Waals surface area contributed by atoms with Crippen molar-refractivity contribution in [2.45, 2.75) is 19.4 Å². The van der Waals surface area contributed by atoms with Gasteiger partial charge in [0.05, 0.1) is 17.1 Å². The van der Waals surface area contributed by atoms with Gasteiger partial charge in [-0.1, -0.05) is 30.7 Å². The smallest absolute Gasteiger partial charge is 0.259 e. The minimum atomic E-state index is -0.450. The summed E-state index contributed by atoms with van der Waals surface area (Å²) < 4.78 is 0. The van der Waals surface area contributed by atoms with E-state index in [0.29, 0.717) is 16.6 Å². The molecule has 0 aromatic heterocycles. The van der Waals surface area contributed by atoms with Crippen LogP contribution in [-0.2, 0) is 4.79 Å². The Kier molecular flexibility index (Phi) is 5.73. The molecule has 1 aliphatic rings. The molecular formula is C15H20ClN3O2. The van der Waals surface area contributed by atoms with Gasteiger partial charge in [-0.15, -0.1) is 0 Å². The van der Waals surface area contributed by atoms with Gasteiger partial charge in [0.1, 0.15) is 0 Å². The van der Waals surface area contributed by atoms with Gasteiger partial charge in [-0.05, 0) is 25.1 Å². The first kappa shape index (κ1) is 15.9. The first-order chi connectivity index (χ1) is 10.1. The molecule has 0 saturated carbocycles. The van der Waals surface area contributed by atoms with Crippen LogP contribution in [0.1, 0.15) is 23.7 Å². The lowest BCUT2D eigenvalue weighted by molar-refractivity contribution is -0.122. The second kappa shape index (κ2) is 7.54. The van der Waals surface area contributed by atoms with Gasteiger partial charge in [-0.25, -0.2) is 0 Å². The number of hydrogen-bond donors (Lipinski definition) is 2. The van der Waals surface area contributed by atoms with Crippen molar-refractivity contribution < 1.29 is 9.59 Å². The van der Waals surface area contributed by atoms with E-state index in [1.807, 2.05) is 0 Å². The van der Waals surface area contributed by atoms with Crippen LogP contribution in [-0.4, -0.2) is 48.9 Å². The van der Waals surface area contributed by atoms with E-state index in [-0.39, 0.29) is 12.5 Å². The van der Waals surface area contributed by atoms with Crippen molar-refractivity contribution in [3.8, 4) is 0 Å². The zero-order valence-electron chi connectivity index (χ0n) is 12.1. The molecule has 0 spiro atoms. The molecule has 2 amide bonds. The maximum atomic E-state index is 12.0. The van der Waals surface area contributed by atoms with Crippen LogP contribution in [0.15, 0.2) is 24.3 Å². The summed E-state index contributed by atoms with van der Waals surface area (Å²) in [5.41, 5.74) is 0.319. The summed E-state index contributed by atoms with van der Waals surface area (Å²) >= 11 is 5.95. The molecule has 0 bridgehead atoms. The van der Waals surface area contributed by atoms with Crippen molar-refractivity contribution in [1.29, 1.82) is 0 Å². The molecule has 2 rings (SSSR count). The third kappa shape index (κ3) is 4.27. The number of rotatable bonds is 6. The van der Waals surface area contributed by atoms with Gasteiger partial charge in [0, 0.05) is 19.1 Å². The van der Waals surface area contributed by atoms with Crippen molar-refractivity contribution in [1.82, 2.24) is 15.5 Å². The van der Waals surface area contributed by atoms with Gasteiger partial charge < -0.3 is 5.32 Å². The number of carbonyl (C=O) groups excluding carboxylic acids is 2. The maximum Gasteiger partial charge on any atom is 0.259 e. The van der Waals surface area contributed by atoms with Crippen LogP contribution in [0.25, 0.3) is 0 Å². The van der Waals surface area contributed by atoms with Gasteiger partial charge in [0.25, 0.3) is 5.91 Å². The number of amides is 2. The molecule has 1 heterocycles. The van der Waals surface area contributed by atoms with E-state index in [1.165, 1.54) is 0 Å². The molecule has 0 aliphatic carbocycles. The molecule has 5 nitrogen and oxygen atoms in total. The van der Waals surface area contributed by atoms with Crippen LogP contribution < -0.4 is 10.6 Å². The zero-order chi connectivity index (χ0) is 15.2.